The predicted octanol–water partition coefficient (Wildman–Crippen LogP) is 3.66. The highest BCUT2D eigenvalue weighted by Gasteiger charge is 2.36. The number of anilines is 1. The van der Waals surface area contributed by atoms with Crippen molar-refractivity contribution in [3.05, 3.63) is 54.1 Å². The van der Waals surface area contributed by atoms with Crippen LogP contribution in [0, 0.1) is 6.92 Å². The molecular weight excluding hydrogens is 344 g/mol. The van der Waals surface area contributed by atoms with E-state index in [1.165, 1.54) is 0 Å². The summed E-state index contributed by atoms with van der Waals surface area (Å²) in [6, 6.07) is 14.4. The second kappa shape index (κ2) is 8.22. The van der Waals surface area contributed by atoms with Gasteiger partial charge in [0.1, 0.15) is 17.5 Å². The van der Waals surface area contributed by atoms with Crippen molar-refractivity contribution in [1.29, 1.82) is 0 Å². The molecule has 2 aromatic carbocycles. The number of rotatable bonds is 8. The van der Waals surface area contributed by atoms with Gasteiger partial charge in [0, 0.05) is 11.7 Å². The molecule has 1 unspecified atom stereocenters. The number of amides is 1. The molecule has 6 nitrogen and oxygen atoms in total. The highest BCUT2D eigenvalue weighted by molar-refractivity contribution is 5.92. The van der Waals surface area contributed by atoms with Crippen LogP contribution in [0.15, 0.2) is 48.5 Å². The van der Waals surface area contributed by atoms with E-state index in [-0.39, 0.29) is 18.5 Å². The van der Waals surface area contributed by atoms with Crippen LogP contribution in [0.1, 0.15) is 25.3 Å². The standard InChI is InChI=1S/C21H24N2O4/c1-14-4-3-5-19(12-14)27-18-10-6-16(7-11-18)22-20(24)13-23(17-8-9-17)15(2)21(25)26/h3-7,10-12,15,17H,8-9,13H2,1-2H3,(H,22,24)(H,25,26). The lowest BCUT2D eigenvalue weighted by molar-refractivity contribution is -0.143. The largest absolute Gasteiger partial charge is 0.480 e. The van der Waals surface area contributed by atoms with Gasteiger partial charge in [0.15, 0.2) is 0 Å². The van der Waals surface area contributed by atoms with Crippen molar-refractivity contribution >= 4 is 17.6 Å². The van der Waals surface area contributed by atoms with Crippen molar-refractivity contribution in [2.24, 2.45) is 0 Å². The third-order valence-electron chi connectivity index (χ3n) is 4.56. The number of benzene rings is 2. The number of nitrogens with one attached hydrogen (secondary N) is 1. The Bertz CT molecular complexity index is 815. The van der Waals surface area contributed by atoms with Crippen LogP contribution >= 0.6 is 0 Å². The number of carboxylic acids is 1. The summed E-state index contributed by atoms with van der Waals surface area (Å²) in [6.07, 6.45) is 1.88. The van der Waals surface area contributed by atoms with E-state index < -0.39 is 12.0 Å². The molecule has 1 aliphatic rings. The van der Waals surface area contributed by atoms with Gasteiger partial charge in [-0.2, -0.15) is 0 Å². The minimum absolute atomic E-state index is 0.0691. The van der Waals surface area contributed by atoms with Crippen LogP contribution in [0.25, 0.3) is 0 Å². The van der Waals surface area contributed by atoms with Gasteiger partial charge in [0.25, 0.3) is 0 Å². The summed E-state index contributed by atoms with van der Waals surface area (Å²) in [6.45, 7) is 3.69. The first-order chi connectivity index (χ1) is 12.9. The summed E-state index contributed by atoms with van der Waals surface area (Å²) in [7, 11) is 0. The van der Waals surface area contributed by atoms with Gasteiger partial charge < -0.3 is 15.2 Å². The summed E-state index contributed by atoms with van der Waals surface area (Å²) in [4.78, 5) is 25.3. The van der Waals surface area contributed by atoms with Crippen molar-refractivity contribution in [3.8, 4) is 11.5 Å². The fourth-order valence-electron chi connectivity index (χ4n) is 2.92. The number of carbonyl (C=O) groups excluding carboxylic acids is 1. The second-order valence-electron chi connectivity index (χ2n) is 6.91. The van der Waals surface area contributed by atoms with Gasteiger partial charge in [0.05, 0.1) is 6.54 Å². The summed E-state index contributed by atoms with van der Waals surface area (Å²) in [5.74, 6) is 0.307. The van der Waals surface area contributed by atoms with E-state index in [2.05, 4.69) is 5.32 Å². The zero-order valence-corrected chi connectivity index (χ0v) is 15.5. The van der Waals surface area contributed by atoms with E-state index in [1.807, 2.05) is 31.2 Å². The number of hydrogen-bond acceptors (Lipinski definition) is 4. The average molecular weight is 368 g/mol. The first-order valence-corrected chi connectivity index (χ1v) is 9.05. The smallest absolute Gasteiger partial charge is 0.320 e. The number of aryl methyl sites for hydroxylation is 1. The normalized spacial score (nSPS) is 14.6. The van der Waals surface area contributed by atoms with Crippen LogP contribution in [-0.4, -0.2) is 40.5 Å². The van der Waals surface area contributed by atoms with Crippen LogP contribution < -0.4 is 10.1 Å². The molecule has 0 aliphatic heterocycles. The maximum Gasteiger partial charge on any atom is 0.320 e. The number of nitrogens with zero attached hydrogens (tertiary/aromatic N) is 1. The van der Waals surface area contributed by atoms with Crippen molar-refractivity contribution in [3.63, 3.8) is 0 Å². The van der Waals surface area contributed by atoms with Crippen LogP contribution in [0.3, 0.4) is 0 Å². The quantitative estimate of drug-likeness (QED) is 0.743. The van der Waals surface area contributed by atoms with Gasteiger partial charge in [0.2, 0.25) is 5.91 Å². The van der Waals surface area contributed by atoms with Gasteiger partial charge in [-0.05, 0) is 68.7 Å². The molecule has 2 aromatic rings. The summed E-state index contributed by atoms with van der Waals surface area (Å²) < 4.78 is 5.80. The Balaban J connectivity index is 1.57. The lowest BCUT2D eigenvalue weighted by atomic mass is 10.2. The van der Waals surface area contributed by atoms with E-state index in [0.29, 0.717) is 11.4 Å². The Kier molecular flexibility index (Phi) is 5.76. The highest BCUT2D eigenvalue weighted by Crippen LogP contribution is 2.29. The number of carbonyl (C=O) groups is 2. The fourth-order valence-corrected chi connectivity index (χ4v) is 2.92. The zero-order valence-electron chi connectivity index (χ0n) is 15.5. The molecule has 2 N–H and O–H groups in total. The Morgan fingerprint density at radius 1 is 1.19 bits per heavy atom. The van der Waals surface area contributed by atoms with Crippen LogP contribution in [0.5, 0.6) is 11.5 Å². The van der Waals surface area contributed by atoms with Gasteiger partial charge >= 0.3 is 5.97 Å². The van der Waals surface area contributed by atoms with Crippen molar-refractivity contribution < 1.29 is 19.4 Å². The highest BCUT2D eigenvalue weighted by atomic mass is 16.5. The Hall–Kier alpha value is -2.86. The maximum atomic E-state index is 12.3. The van der Waals surface area contributed by atoms with Crippen molar-refractivity contribution in [2.75, 3.05) is 11.9 Å². The van der Waals surface area contributed by atoms with E-state index in [4.69, 9.17) is 4.74 Å². The minimum Gasteiger partial charge on any atom is -0.480 e. The first-order valence-electron chi connectivity index (χ1n) is 9.05. The molecule has 3 rings (SSSR count). The van der Waals surface area contributed by atoms with Gasteiger partial charge in [-0.3, -0.25) is 14.5 Å². The number of hydrogen-bond donors (Lipinski definition) is 2. The Labute approximate surface area is 158 Å². The summed E-state index contributed by atoms with van der Waals surface area (Å²) in [5.41, 5.74) is 1.77. The van der Waals surface area contributed by atoms with Crippen LogP contribution in [-0.2, 0) is 9.59 Å². The molecule has 0 heterocycles. The van der Waals surface area contributed by atoms with Gasteiger partial charge in [-0.25, -0.2) is 0 Å². The van der Waals surface area contributed by atoms with Crippen molar-refractivity contribution in [1.82, 2.24) is 4.90 Å². The lowest BCUT2D eigenvalue weighted by Crippen LogP contribution is -2.44. The van der Waals surface area contributed by atoms with Crippen LogP contribution in [0.4, 0.5) is 5.69 Å². The molecule has 6 heteroatoms. The molecule has 0 spiro atoms. The molecule has 1 fully saturated rings. The average Bonchev–Trinajstić information content (AvgIpc) is 3.46. The first kappa shape index (κ1) is 18.9. The summed E-state index contributed by atoms with van der Waals surface area (Å²) >= 11 is 0. The molecular formula is C21H24N2O4. The Morgan fingerprint density at radius 2 is 1.89 bits per heavy atom. The zero-order chi connectivity index (χ0) is 19.4. The molecule has 1 aliphatic carbocycles. The third kappa shape index (κ3) is 5.31. The number of carboxylic acid groups (broad SMARTS) is 1. The molecule has 0 saturated heterocycles. The monoisotopic (exact) mass is 368 g/mol. The molecule has 142 valence electrons. The Morgan fingerprint density at radius 3 is 2.48 bits per heavy atom. The molecule has 1 saturated carbocycles. The van der Waals surface area contributed by atoms with E-state index in [1.54, 1.807) is 36.1 Å². The van der Waals surface area contributed by atoms with E-state index >= 15 is 0 Å². The van der Waals surface area contributed by atoms with Crippen molar-refractivity contribution in [2.45, 2.75) is 38.8 Å². The molecule has 0 bridgehead atoms. The SMILES string of the molecule is Cc1cccc(Oc2ccc(NC(=O)CN(C3CC3)C(C)C(=O)O)cc2)c1. The third-order valence-corrected chi connectivity index (χ3v) is 4.56. The molecule has 1 atom stereocenters. The number of ether oxygens (including phenoxy) is 1. The van der Waals surface area contributed by atoms with Gasteiger partial charge in [-0.15, -0.1) is 0 Å². The van der Waals surface area contributed by atoms with Gasteiger partial charge in [-0.1, -0.05) is 12.1 Å². The maximum absolute atomic E-state index is 12.3. The minimum atomic E-state index is -0.910. The fraction of sp³-hybridized carbons (Fsp3) is 0.333. The molecule has 1 amide bonds. The van der Waals surface area contributed by atoms with Crippen LogP contribution in [0.2, 0.25) is 0 Å². The topological polar surface area (TPSA) is 78.9 Å². The molecule has 27 heavy (non-hydrogen) atoms. The summed E-state index contributed by atoms with van der Waals surface area (Å²) in [5, 5.41) is 12.0. The molecule has 0 aromatic heterocycles. The predicted molar refractivity (Wildman–Crippen MR) is 103 cm³/mol. The van der Waals surface area contributed by atoms with E-state index in [9.17, 15) is 14.7 Å². The second-order valence-corrected chi connectivity index (χ2v) is 6.91. The lowest BCUT2D eigenvalue weighted by Gasteiger charge is -2.25. The van der Waals surface area contributed by atoms with E-state index in [0.717, 1.165) is 24.2 Å². The number of aliphatic carboxylic acids is 1. The molecule has 0 radical (unpaired) electrons.